The Balaban J connectivity index is 2.76. The largest absolute Gasteiger partial charge is 0.214 e. The molecule has 0 aromatic rings. The Labute approximate surface area is 87.5 Å². The van der Waals surface area contributed by atoms with Gasteiger partial charge < -0.3 is 0 Å². The van der Waals surface area contributed by atoms with E-state index in [1.165, 1.54) is 0 Å². The number of hydrogen-bond acceptors (Lipinski definition) is 2. The molecule has 1 heterocycles. The number of sulfonamides is 1. The average molecular weight is 219 g/mol. The summed E-state index contributed by atoms with van der Waals surface area (Å²) in [6.45, 7) is 6.85. The van der Waals surface area contributed by atoms with Crippen LogP contribution in [0.5, 0.6) is 0 Å². The highest BCUT2D eigenvalue weighted by Gasteiger charge is 2.34. The second-order valence-electron chi connectivity index (χ2n) is 4.38. The van der Waals surface area contributed by atoms with Crippen molar-refractivity contribution >= 4 is 10.0 Å². The fourth-order valence-electron chi connectivity index (χ4n) is 2.15. The van der Waals surface area contributed by atoms with Crippen molar-refractivity contribution in [3.63, 3.8) is 0 Å². The summed E-state index contributed by atoms with van der Waals surface area (Å²) in [6, 6.07) is 0.242. The molecule has 0 aliphatic carbocycles. The van der Waals surface area contributed by atoms with E-state index in [1.807, 2.05) is 6.92 Å². The van der Waals surface area contributed by atoms with Gasteiger partial charge in [0.25, 0.3) is 0 Å². The third-order valence-electron chi connectivity index (χ3n) is 2.84. The maximum atomic E-state index is 11.9. The van der Waals surface area contributed by atoms with Gasteiger partial charge in [0, 0.05) is 12.6 Å². The van der Waals surface area contributed by atoms with Crippen LogP contribution in [0.25, 0.3) is 0 Å². The predicted molar refractivity (Wildman–Crippen MR) is 58.6 cm³/mol. The first kappa shape index (κ1) is 12.0. The van der Waals surface area contributed by atoms with Gasteiger partial charge in [-0.15, -0.1) is 0 Å². The van der Waals surface area contributed by atoms with Gasteiger partial charge in [0.2, 0.25) is 10.0 Å². The van der Waals surface area contributed by atoms with E-state index in [-0.39, 0.29) is 6.04 Å². The average Bonchev–Trinajstić information content (AvgIpc) is 2.51. The zero-order chi connectivity index (χ0) is 10.8. The van der Waals surface area contributed by atoms with E-state index in [0.717, 1.165) is 19.4 Å². The van der Waals surface area contributed by atoms with Gasteiger partial charge in [-0.05, 0) is 25.2 Å². The van der Waals surface area contributed by atoms with Crippen LogP contribution in [0, 0.1) is 5.92 Å². The monoisotopic (exact) mass is 219 g/mol. The Morgan fingerprint density at radius 2 is 2.07 bits per heavy atom. The van der Waals surface area contributed by atoms with E-state index in [1.54, 1.807) is 4.31 Å². The summed E-state index contributed by atoms with van der Waals surface area (Å²) in [4.78, 5) is 0. The summed E-state index contributed by atoms with van der Waals surface area (Å²) in [7, 11) is -2.97. The molecule has 14 heavy (non-hydrogen) atoms. The van der Waals surface area contributed by atoms with Crippen molar-refractivity contribution in [2.75, 3.05) is 12.3 Å². The Hall–Kier alpha value is -0.0900. The van der Waals surface area contributed by atoms with E-state index < -0.39 is 10.0 Å². The maximum Gasteiger partial charge on any atom is 0.214 e. The van der Waals surface area contributed by atoms with Gasteiger partial charge in [-0.1, -0.05) is 20.8 Å². The van der Waals surface area contributed by atoms with Crippen LogP contribution in [0.2, 0.25) is 0 Å². The molecule has 3 nitrogen and oxygen atoms in total. The standard InChI is InChI=1S/C10H21NO2S/c1-4-8-14(12,13)11-7-5-6-10(11)9(2)3/h9-10H,4-8H2,1-3H3. The smallest absolute Gasteiger partial charge is 0.212 e. The molecule has 1 aliphatic heterocycles. The van der Waals surface area contributed by atoms with Gasteiger partial charge >= 0.3 is 0 Å². The van der Waals surface area contributed by atoms with Crippen LogP contribution in [-0.4, -0.2) is 31.1 Å². The zero-order valence-electron chi connectivity index (χ0n) is 9.36. The molecule has 0 amide bonds. The molecule has 1 rings (SSSR count). The van der Waals surface area contributed by atoms with Crippen molar-refractivity contribution in [3.8, 4) is 0 Å². The Kier molecular flexibility index (Phi) is 3.95. The molecular formula is C10H21NO2S. The van der Waals surface area contributed by atoms with Crippen LogP contribution in [0.3, 0.4) is 0 Å². The van der Waals surface area contributed by atoms with Crippen molar-refractivity contribution in [1.29, 1.82) is 0 Å². The second-order valence-corrected chi connectivity index (χ2v) is 6.42. The Morgan fingerprint density at radius 3 is 2.57 bits per heavy atom. The molecule has 1 saturated heterocycles. The quantitative estimate of drug-likeness (QED) is 0.723. The molecule has 0 saturated carbocycles. The van der Waals surface area contributed by atoms with Gasteiger partial charge in [0.1, 0.15) is 0 Å². The third-order valence-corrected chi connectivity index (χ3v) is 4.93. The maximum absolute atomic E-state index is 11.9. The molecular weight excluding hydrogens is 198 g/mol. The highest BCUT2D eigenvalue weighted by molar-refractivity contribution is 7.89. The van der Waals surface area contributed by atoms with E-state index in [2.05, 4.69) is 13.8 Å². The van der Waals surface area contributed by atoms with E-state index in [4.69, 9.17) is 0 Å². The molecule has 84 valence electrons. The van der Waals surface area contributed by atoms with Crippen molar-refractivity contribution < 1.29 is 8.42 Å². The van der Waals surface area contributed by atoms with Crippen molar-refractivity contribution in [1.82, 2.24) is 4.31 Å². The minimum atomic E-state index is -2.97. The molecule has 0 N–H and O–H groups in total. The molecule has 1 fully saturated rings. The van der Waals surface area contributed by atoms with Crippen LogP contribution in [0.15, 0.2) is 0 Å². The van der Waals surface area contributed by atoms with Crippen LogP contribution < -0.4 is 0 Å². The molecule has 4 heteroatoms. The third kappa shape index (κ3) is 2.48. The SMILES string of the molecule is CCCS(=O)(=O)N1CCCC1C(C)C. The molecule has 0 aromatic carbocycles. The first-order chi connectivity index (χ1) is 6.49. The topological polar surface area (TPSA) is 37.4 Å². The fourth-order valence-corrected chi connectivity index (χ4v) is 4.07. The predicted octanol–water partition coefficient (Wildman–Crippen LogP) is 1.85. The Morgan fingerprint density at radius 1 is 1.43 bits per heavy atom. The van der Waals surface area contributed by atoms with Gasteiger partial charge in [-0.2, -0.15) is 4.31 Å². The zero-order valence-corrected chi connectivity index (χ0v) is 10.2. The van der Waals surface area contributed by atoms with E-state index in [9.17, 15) is 8.42 Å². The minimum absolute atomic E-state index is 0.242. The summed E-state index contributed by atoms with van der Waals surface area (Å²) < 4.78 is 25.5. The van der Waals surface area contributed by atoms with E-state index in [0.29, 0.717) is 18.1 Å². The fraction of sp³-hybridized carbons (Fsp3) is 1.00. The highest BCUT2D eigenvalue weighted by Crippen LogP contribution is 2.26. The first-order valence-corrected chi connectivity index (χ1v) is 7.09. The lowest BCUT2D eigenvalue weighted by molar-refractivity contribution is 0.315. The summed E-state index contributed by atoms with van der Waals surface area (Å²) in [5, 5.41) is 0. The molecule has 0 spiro atoms. The lowest BCUT2D eigenvalue weighted by Crippen LogP contribution is -2.39. The molecule has 0 aromatic heterocycles. The number of hydrogen-bond donors (Lipinski definition) is 0. The van der Waals surface area contributed by atoms with Gasteiger partial charge in [-0.3, -0.25) is 0 Å². The Bertz CT molecular complexity index is 272. The van der Waals surface area contributed by atoms with Gasteiger partial charge in [0.05, 0.1) is 5.75 Å². The van der Waals surface area contributed by atoms with Crippen molar-refractivity contribution in [3.05, 3.63) is 0 Å². The van der Waals surface area contributed by atoms with Crippen LogP contribution >= 0.6 is 0 Å². The molecule has 0 bridgehead atoms. The normalized spacial score (nSPS) is 24.7. The van der Waals surface area contributed by atoms with E-state index >= 15 is 0 Å². The summed E-state index contributed by atoms with van der Waals surface area (Å²) in [5.74, 6) is 0.736. The van der Waals surface area contributed by atoms with Crippen LogP contribution in [0.4, 0.5) is 0 Å². The molecule has 1 unspecified atom stereocenters. The van der Waals surface area contributed by atoms with Crippen molar-refractivity contribution in [2.24, 2.45) is 5.92 Å². The number of nitrogens with zero attached hydrogens (tertiary/aromatic N) is 1. The van der Waals surface area contributed by atoms with Crippen LogP contribution in [-0.2, 0) is 10.0 Å². The summed E-state index contributed by atoms with van der Waals surface area (Å²) in [6.07, 6.45) is 2.76. The minimum Gasteiger partial charge on any atom is -0.212 e. The first-order valence-electron chi connectivity index (χ1n) is 5.48. The highest BCUT2D eigenvalue weighted by atomic mass is 32.2. The lowest BCUT2D eigenvalue weighted by Gasteiger charge is -2.26. The van der Waals surface area contributed by atoms with Crippen molar-refractivity contribution in [2.45, 2.75) is 46.1 Å². The van der Waals surface area contributed by atoms with Gasteiger partial charge in [-0.25, -0.2) is 8.42 Å². The summed E-state index contributed by atoms with van der Waals surface area (Å²) >= 11 is 0. The van der Waals surface area contributed by atoms with Crippen LogP contribution in [0.1, 0.15) is 40.0 Å². The molecule has 1 atom stereocenters. The second kappa shape index (κ2) is 4.62. The molecule has 0 radical (unpaired) electrons. The van der Waals surface area contributed by atoms with Gasteiger partial charge in [0.15, 0.2) is 0 Å². The number of rotatable bonds is 4. The molecule has 1 aliphatic rings. The lowest BCUT2D eigenvalue weighted by atomic mass is 10.0. The summed E-state index contributed by atoms with van der Waals surface area (Å²) in [5.41, 5.74) is 0.